The van der Waals surface area contributed by atoms with E-state index in [0.717, 1.165) is 33.5 Å². The molecule has 0 amide bonds. The third-order valence-corrected chi connectivity index (χ3v) is 3.20. The largest absolute Gasteiger partial charge is 0.497 e. The number of ether oxygens (including phenoxy) is 2. The van der Waals surface area contributed by atoms with Gasteiger partial charge in [0.2, 0.25) is 0 Å². The molecule has 0 atom stereocenters. The average Bonchev–Trinajstić information content (AvgIpc) is 2.53. The Morgan fingerprint density at radius 1 is 0.950 bits per heavy atom. The van der Waals surface area contributed by atoms with Crippen molar-refractivity contribution in [1.29, 1.82) is 0 Å². The third-order valence-electron chi connectivity index (χ3n) is 3.20. The summed E-state index contributed by atoms with van der Waals surface area (Å²) in [5.74, 6) is 1.51. The summed E-state index contributed by atoms with van der Waals surface area (Å²) in [6.45, 7) is 0. The minimum absolute atomic E-state index is 0.755. The second-order valence-electron chi connectivity index (χ2n) is 4.37. The van der Waals surface area contributed by atoms with Crippen LogP contribution in [0.5, 0.6) is 11.5 Å². The molecule has 20 heavy (non-hydrogen) atoms. The van der Waals surface area contributed by atoms with E-state index >= 15 is 0 Å². The van der Waals surface area contributed by atoms with Crippen LogP contribution in [0, 0.1) is 0 Å². The second kappa shape index (κ2) is 5.17. The van der Waals surface area contributed by atoms with Crippen LogP contribution in [0.25, 0.3) is 22.0 Å². The summed E-state index contributed by atoms with van der Waals surface area (Å²) < 4.78 is 10.6. The molecule has 0 saturated heterocycles. The van der Waals surface area contributed by atoms with Gasteiger partial charge in [0.25, 0.3) is 0 Å². The van der Waals surface area contributed by atoms with E-state index in [1.54, 1.807) is 20.5 Å². The number of benzene rings is 2. The van der Waals surface area contributed by atoms with Gasteiger partial charge in [0.1, 0.15) is 17.8 Å². The van der Waals surface area contributed by atoms with Crippen molar-refractivity contribution in [3.8, 4) is 22.6 Å². The maximum absolute atomic E-state index is 5.32. The molecule has 4 nitrogen and oxygen atoms in total. The molecule has 0 N–H and O–H groups in total. The smallest absolute Gasteiger partial charge is 0.123 e. The van der Waals surface area contributed by atoms with Gasteiger partial charge in [-0.2, -0.15) is 0 Å². The van der Waals surface area contributed by atoms with Crippen LogP contribution in [-0.2, 0) is 0 Å². The number of para-hydroxylation sites is 1. The summed E-state index contributed by atoms with van der Waals surface area (Å²) in [6, 6.07) is 11.8. The van der Waals surface area contributed by atoms with Gasteiger partial charge in [-0.25, -0.2) is 9.97 Å². The Morgan fingerprint density at radius 2 is 1.70 bits per heavy atom. The van der Waals surface area contributed by atoms with Crippen LogP contribution >= 0.6 is 0 Å². The van der Waals surface area contributed by atoms with E-state index < -0.39 is 0 Å². The van der Waals surface area contributed by atoms with Gasteiger partial charge < -0.3 is 9.47 Å². The number of nitrogens with zero attached hydrogens (tertiary/aromatic N) is 2. The zero-order valence-corrected chi connectivity index (χ0v) is 11.3. The predicted molar refractivity (Wildman–Crippen MR) is 78.1 cm³/mol. The molecule has 3 rings (SSSR count). The molecule has 3 aromatic rings. The SMILES string of the molecule is COc1cc(OC)cc(-c2cccc3cncnc23)c1. The molecule has 1 heterocycles. The lowest BCUT2D eigenvalue weighted by molar-refractivity contribution is 0.394. The van der Waals surface area contributed by atoms with Gasteiger partial charge in [0, 0.05) is 23.2 Å². The van der Waals surface area contributed by atoms with Crippen LogP contribution in [0.4, 0.5) is 0 Å². The Hall–Kier alpha value is -2.62. The van der Waals surface area contributed by atoms with Crippen molar-refractivity contribution < 1.29 is 9.47 Å². The lowest BCUT2D eigenvalue weighted by atomic mass is 10.0. The Bertz CT molecular complexity index is 729. The van der Waals surface area contributed by atoms with E-state index in [0.29, 0.717) is 0 Å². The maximum Gasteiger partial charge on any atom is 0.123 e. The van der Waals surface area contributed by atoms with Crippen LogP contribution in [0.3, 0.4) is 0 Å². The first kappa shape index (κ1) is 12.4. The number of aromatic nitrogens is 2. The molecule has 0 aliphatic rings. The Balaban J connectivity index is 2.25. The van der Waals surface area contributed by atoms with Gasteiger partial charge in [-0.15, -0.1) is 0 Å². The summed E-state index contributed by atoms with van der Waals surface area (Å²) >= 11 is 0. The molecular weight excluding hydrogens is 252 g/mol. The Labute approximate surface area is 117 Å². The fraction of sp³-hybridized carbons (Fsp3) is 0.125. The molecule has 0 fully saturated rings. The van der Waals surface area contributed by atoms with E-state index in [9.17, 15) is 0 Å². The minimum Gasteiger partial charge on any atom is -0.497 e. The topological polar surface area (TPSA) is 44.2 Å². The minimum atomic E-state index is 0.755. The predicted octanol–water partition coefficient (Wildman–Crippen LogP) is 3.31. The quantitative estimate of drug-likeness (QED) is 0.729. The van der Waals surface area contributed by atoms with Gasteiger partial charge >= 0.3 is 0 Å². The van der Waals surface area contributed by atoms with Crippen LogP contribution in [0.2, 0.25) is 0 Å². The molecule has 1 aromatic heterocycles. The first-order chi connectivity index (χ1) is 9.81. The van der Waals surface area contributed by atoms with Crippen molar-refractivity contribution in [1.82, 2.24) is 9.97 Å². The summed E-state index contributed by atoms with van der Waals surface area (Å²) in [5, 5.41) is 1.01. The summed E-state index contributed by atoms with van der Waals surface area (Å²) in [6.07, 6.45) is 3.37. The van der Waals surface area contributed by atoms with Crippen molar-refractivity contribution in [2.45, 2.75) is 0 Å². The van der Waals surface area contributed by atoms with Gasteiger partial charge in [-0.1, -0.05) is 18.2 Å². The van der Waals surface area contributed by atoms with Crippen LogP contribution in [-0.4, -0.2) is 24.2 Å². The maximum atomic E-state index is 5.32. The first-order valence-electron chi connectivity index (χ1n) is 6.24. The van der Waals surface area contributed by atoms with E-state index in [4.69, 9.17) is 9.47 Å². The molecule has 2 aromatic carbocycles. The summed E-state index contributed by atoms with van der Waals surface area (Å²) in [7, 11) is 3.29. The molecular formula is C16H14N2O2. The lowest BCUT2D eigenvalue weighted by Gasteiger charge is -2.10. The van der Waals surface area contributed by atoms with Gasteiger partial charge in [0.05, 0.1) is 19.7 Å². The molecule has 4 heteroatoms. The molecule has 0 unspecified atom stereocenters. The molecule has 0 saturated carbocycles. The van der Waals surface area contributed by atoms with E-state index in [1.165, 1.54) is 0 Å². The van der Waals surface area contributed by atoms with Gasteiger partial charge in [-0.05, 0) is 17.7 Å². The highest BCUT2D eigenvalue weighted by Crippen LogP contribution is 2.32. The molecule has 0 aliphatic heterocycles. The number of hydrogen-bond donors (Lipinski definition) is 0. The Kier molecular flexibility index (Phi) is 3.21. The van der Waals surface area contributed by atoms with Gasteiger partial charge in [0.15, 0.2) is 0 Å². The highest BCUT2D eigenvalue weighted by molar-refractivity contribution is 5.93. The van der Waals surface area contributed by atoms with Crippen LogP contribution in [0.1, 0.15) is 0 Å². The molecule has 100 valence electrons. The van der Waals surface area contributed by atoms with E-state index in [1.807, 2.05) is 42.6 Å². The number of fused-ring (bicyclic) bond motifs is 1. The monoisotopic (exact) mass is 266 g/mol. The van der Waals surface area contributed by atoms with Gasteiger partial charge in [-0.3, -0.25) is 0 Å². The Morgan fingerprint density at radius 3 is 2.40 bits per heavy atom. The number of hydrogen-bond acceptors (Lipinski definition) is 4. The van der Waals surface area contributed by atoms with Crippen LogP contribution < -0.4 is 9.47 Å². The first-order valence-corrected chi connectivity index (χ1v) is 6.24. The van der Waals surface area contributed by atoms with E-state index in [2.05, 4.69) is 9.97 Å². The highest BCUT2D eigenvalue weighted by atomic mass is 16.5. The summed E-state index contributed by atoms with van der Waals surface area (Å²) in [5.41, 5.74) is 2.95. The van der Waals surface area contributed by atoms with Crippen molar-refractivity contribution in [3.63, 3.8) is 0 Å². The zero-order valence-electron chi connectivity index (χ0n) is 11.3. The standard InChI is InChI=1S/C16H14N2O2/c1-19-13-6-12(7-14(8-13)20-2)15-5-3-4-11-9-17-10-18-16(11)15/h3-10H,1-2H3. The van der Waals surface area contributed by atoms with Crippen molar-refractivity contribution in [3.05, 3.63) is 48.9 Å². The number of rotatable bonds is 3. The second-order valence-corrected chi connectivity index (χ2v) is 4.37. The summed E-state index contributed by atoms with van der Waals surface area (Å²) in [4.78, 5) is 8.43. The van der Waals surface area contributed by atoms with Crippen molar-refractivity contribution in [2.75, 3.05) is 14.2 Å². The van der Waals surface area contributed by atoms with Crippen molar-refractivity contribution in [2.24, 2.45) is 0 Å². The molecule has 0 spiro atoms. The zero-order chi connectivity index (χ0) is 13.9. The molecule has 0 radical (unpaired) electrons. The number of methoxy groups -OCH3 is 2. The molecule has 0 bridgehead atoms. The van der Waals surface area contributed by atoms with Crippen molar-refractivity contribution >= 4 is 10.9 Å². The highest BCUT2D eigenvalue weighted by Gasteiger charge is 2.08. The average molecular weight is 266 g/mol. The normalized spacial score (nSPS) is 10.5. The fourth-order valence-electron chi connectivity index (χ4n) is 2.21. The molecule has 0 aliphatic carbocycles. The van der Waals surface area contributed by atoms with E-state index in [-0.39, 0.29) is 0 Å². The lowest BCUT2D eigenvalue weighted by Crippen LogP contribution is -1.90. The fourth-order valence-corrected chi connectivity index (χ4v) is 2.21. The third kappa shape index (κ3) is 2.16. The van der Waals surface area contributed by atoms with Crippen LogP contribution in [0.15, 0.2) is 48.9 Å².